The molecule has 0 aliphatic heterocycles. The van der Waals surface area contributed by atoms with Gasteiger partial charge in [-0.1, -0.05) is 24.4 Å². The quantitative estimate of drug-likeness (QED) is 0.858. The predicted octanol–water partition coefficient (Wildman–Crippen LogP) is 2.63. The minimum atomic E-state index is -0.0978. The van der Waals surface area contributed by atoms with Gasteiger partial charge in [0, 0.05) is 18.6 Å². The Bertz CT molecular complexity index is 386. The van der Waals surface area contributed by atoms with Crippen molar-refractivity contribution >= 4 is 0 Å². The van der Waals surface area contributed by atoms with Crippen molar-refractivity contribution in [3.63, 3.8) is 0 Å². The molecular weight excluding hydrogens is 242 g/mol. The summed E-state index contributed by atoms with van der Waals surface area (Å²) < 4.78 is 10.9. The van der Waals surface area contributed by atoms with Crippen LogP contribution in [-0.4, -0.2) is 29.3 Å². The molecule has 5 heteroatoms. The predicted molar refractivity (Wildman–Crippen MR) is 72.9 cm³/mol. The van der Waals surface area contributed by atoms with Gasteiger partial charge in [0.1, 0.15) is 6.10 Å². The minimum Gasteiger partial charge on any atom is -0.371 e. The molecule has 1 unspecified atom stereocenters. The zero-order valence-electron chi connectivity index (χ0n) is 12.2. The first-order valence-electron chi connectivity index (χ1n) is 7.32. The topological polar surface area (TPSA) is 60.2 Å². The zero-order valence-corrected chi connectivity index (χ0v) is 12.2. The Morgan fingerprint density at radius 1 is 1.37 bits per heavy atom. The van der Waals surface area contributed by atoms with Crippen molar-refractivity contribution < 1.29 is 9.26 Å². The standard InChI is InChI=1S/C14H25N3O2/c1-4-18-11(2)13-16-12(19-17-13)10-14(15-3)8-6-5-7-9-14/h11,15H,4-10H2,1-3H3. The molecule has 2 rings (SSSR count). The van der Waals surface area contributed by atoms with Gasteiger partial charge in [-0.2, -0.15) is 4.98 Å². The van der Waals surface area contributed by atoms with Crippen LogP contribution in [0.3, 0.4) is 0 Å². The van der Waals surface area contributed by atoms with Crippen LogP contribution < -0.4 is 5.32 Å². The molecule has 1 aliphatic rings. The number of ether oxygens (including phenoxy) is 1. The lowest BCUT2D eigenvalue weighted by atomic mass is 9.79. The largest absolute Gasteiger partial charge is 0.371 e. The summed E-state index contributed by atoms with van der Waals surface area (Å²) in [6.07, 6.45) is 6.97. The fourth-order valence-electron chi connectivity index (χ4n) is 2.86. The highest BCUT2D eigenvalue weighted by molar-refractivity contribution is 4.99. The van der Waals surface area contributed by atoms with E-state index in [0.717, 1.165) is 12.3 Å². The second-order valence-corrected chi connectivity index (χ2v) is 5.41. The highest BCUT2D eigenvalue weighted by Gasteiger charge is 2.32. The molecule has 1 saturated carbocycles. The molecule has 1 N–H and O–H groups in total. The SMILES string of the molecule is CCOC(C)c1noc(CC2(NC)CCCCC2)n1. The highest BCUT2D eigenvalue weighted by Crippen LogP contribution is 2.30. The van der Waals surface area contributed by atoms with Gasteiger partial charge in [-0.25, -0.2) is 0 Å². The average Bonchev–Trinajstić information content (AvgIpc) is 2.88. The zero-order chi connectivity index (χ0) is 13.7. The van der Waals surface area contributed by atoms with Crippen molar-refractivity contribution in [3.8, 4) is 0 Å². The number of aromatic nitrogens is 2. The van der Waals surface area contributed by atoms with Gasteiger partial charge in [-0.3, -0.25) is 0 Å². The molecule has 0 aromatic carbocycles. The molecule has 108 valence electrons. The normalized spacial score (nSPS) is 20.4. The smallest absolute Gasteiger partial charge is 0.228 e. The maximum absolute atomic E-state index is 5.48. The molecule has 0 radical (unpaired) electrons. The number of hydrogen-bond donors (Lipinski definition) is 1. The van der Waals surface area contributed by atoms with Gasteiger partial charge < -0.3 is 14.6 Å². The average molecular weight is 267 g/mol. The van der Waals surface area contributed by atoms with E-state index in [4.69, 9.17) is 9.26 Å². The number of nitrogens with zero attached hydrogens (tertiary/aromatic N) is 2. The summed E-state index contributed by atoms with van der Waals surface area (Å²) in [5.41, 5.74) is 0.136. The van der Waals surface area contributed by atoms with Crippen LogP contribution in [0.25, 0.3) is 0 Å². The van der Waals surface area contributed by atoms with Gasteiger partial charge in [-0.15, -0.1) is 0 Å². The van der Waals surface area contributed by atoms with Crippen molar-refractivity contribution in [2.45, 2.75) is 64.0 Å². The lowest BCUT2D eigenvalue weighted by Gasteiger charge is -2.36. The van der Waals surface area contributed by atoms with Crippen LogP contribution in [0.2, 0.25) is 0 Å². The number of likely N-dealkylation sites (N-methyl/N-ethyl adjacent to an activating group) is 1. The summed E-state index contributed by atoms with van der Waals surface area (Å²) >= 11 is 0. The monoisotopic (exact) mass is 267 g/mol. The Morgan fingerprint density at radius 3 is 2.74 bits per heavy atom. The summed E-state index contributed by atoms with van der Waals surface area (Å²) in [4.78, 5) is 4.47. The van der Waals surface area contributed by atoms with Crippen LogP contribution in [0, 0.1) is 0 Å². The first-order chi connectivity index (χ1) is 9.19. The van der Waals surface area contributed by atoms with E-state index in [2.05, 4.69) is 15.5 Å². The van der Waals surface area contributed by atoms with E-state index in [1.807, 2.05) is 20.9 Å². The fraction of sp³-hybridized carbons (Fsp3) is 0.857. The van der Waals surface area contributed by atoms with Crippen LogP contribution in [0.4, 0.5) is 0 Å². The molecule has 19 heavy (non-hydrogen) atoms. The van der Waals surface area contributed by atoms with Gasteiger partial charge in [-0.05, 0) is 33.7 Å². The lowest BCUT2D eigenvalue weighted by molar-refractivity contribution is 0.0683. The van der Waals surface area contributed by atoms with Crippen LogP contribution >= 0.6 is 0 Å². The second-order valence-electron chi connectivity index (χ2n) is 5.41. The molecule has 1 heterocycles. The molecule has 0 saturated heterocycles. The van der Waals surface area contributed by atoms with E-state index in [1.54, 1.807) is 0 Å². The van der Waals surface area contributed by atoms with Crippen molar-refractivity contribution in [3.05, 3.63) is 11.7 Å². The van der Waals surface area contributed by atoms with Gasteiger partial charge in [0.15, 0.2) is 5.82 Å². The molecule has 1 aliphatic carbocycles. The molecule has 0 spiro atoms. The molecule has 1 aromatic heterocycles. The summed E-state index contributed by atoms with van der Waals surface area (Å²) in [7, 11) is 2.03. The maximum Gasteiger partial charge on any atom is 0.228 e. The Labute approximate surface area is 115 Å². The van der Waals surface area contributed by atoms with Crippen molar-refractivity contribution in [1.82, 2.24) is 15.5 Å². The molecular formula is C14H25N3O2. The number of hydrogen-bond acceptors (Lipinski definition) is 5. The van der Waals surface area contributed by atoms with Crippen LogP contribution in [0.1, 0.15) is 63.8 Å². The van der Waals surface area contributed by atoms with E-state index < -0.39 is 0 Å². The van der Waals surface area contributed by atoms with Crippen molar-refractivity contribution in [2.75, 3.05) is 13.7 Å². The van der Waals surface area contributed by atoms with Gasteiger partial charge >= 0.3 is 0 Å². The Balaban J connectivity index is 2.02. The van der Waals surface area contributed by atoms with Gasteiger partial charge in [0.05, 0.1) is 0 Å². The second kappa shape index (κ2) is 6.48. The maximum atomic E-state index is 5.48. The van der Waals surface area contributed by atoms with Crippen molar-refractivity contribution in [2.24, 2.45) is 0 Å². The van der Waals surface area contributed by atoms with Gasteiger partial charge in [0.25, 0.3) is 0 Å². The van der Waals surface area contributed by atoms with Crippen LogP contribution in [0.15, 0.2) is 4.52 Å². The Morgan fingerprint density at radius 2 is 2.11 bits per heavy atom. The van der Waals surface area contributed by atoms with Gasteiger partial charge in [0.2, 0.25) is 5.89 Å². The summed E-state index contributed by atoms with van der Waals surface area (Å²) in [5.74, 6) is 1.37. The summed E-state index contributed by atoms with van der Waals surface area (Å²) in [6.45, 7) is 4.58. The Hall–Kier alpha value is -0.940. The number of rotatable bonds is 6. The molecule has 0 bridgehead atoms. The van der Waals surface area contributed by atoms with Crippen LogP contribution in [0.5, 0.6) is 0 Å². The van der Waals surface area contributed by atoms with Crippen LogP contribution in [-0.2, 0) is 11.2 Å². The molecule has 1 aromatic rings. The van der Waals surface area contributed by atoms with E-state index in [0.29, 0.717) is 12.4 Å². The molecule has 1 atom stereocenters. The minimum absolute atomic E-state index is 0.0978. The Kier molecular flexibility index (Phi) is 4.93. The third kappa shape index (κ3) is 3.54. The summed E-state index contributed by atoms with van der Waals surface area (Å²) in [6, 6.07) is 0. The first-order valence-corrected chi connectivity index (χ1v) is 7.32. The molecule has 5 nitrogen and oxygen atoms in total. The first kappa shape index (κ1) is 14.5. The van der Waals surface area contributed by atoms with Crippen molar-refractivity contribution in [1.29, 1.82) is 0 Å². The third-order valence-electron chi connectivity index (χ3n) is 4.09. The lowest BCUT2D eigenvalue weighted by Crippen LogP contribution is -2.46. The third-order valence-corrected chi connectivity index (χ3v) is 4.09. The fourth-order valence-corrected chi connectivity index (χ4v) is 2.86. The van der Waals surface area contributed by atoms with E-state index in [1.165, 1.54) is 32.1 Å². The highest BCUT2D eigenvalue weighted by atomic mass is 16.5. The molecule has 1 fully saturated rings. The van der Waals surface area contributed by atoms with E-state index >= 15 is 0 Å². The summed E-state index contributed by atoms with van der Waals surface area (Å²) in [5, 5.41) is 7.50. The molecule has 0 amide bonds. The van der Waals surface area contributed by atoms with E-state index in [9.17, 15) is 0 Å². The number of nitrogens with one attached hydrogen (secondary N) is 1. The van der Waals surface area contributed by atoms with E-state index in [-0.39, 0.29) is 11.6 Å².